The zero-order valence-corrected chi connectivity index (χ0v) is 11.8. The van der Waals surface area contributed by atoms with E-state index in [0.29, 0.717) is 17.0 Å². The minimum absolute atomic E-state index is 0.0642. The van der Waals surface area contributed by atoms with Gasteiger partial charge in [-0.2, -0.15) is 4.98 Å². The van der Waals surface area contributed by atoms with Gasteiger partial charge in [0.05, 0.1) is 0 Å². The van der Waals surface area contributed by atoms with E-state index in [1.54, 1.807) is 36.5 Å². The average molecular weight is 311 g/mol. The molecule has 0 unspecified atom stereocenters. The molecule has 0 aliphatic carbocycles. The van der Waals surface area contributed by atoms with Crippen LogP contribution in [0.15, 0.2) is 58.0 Å². The largest absolute Gasteiger partial charge is 0.350 e. The van der Waals surface area contributed by atoms with Crippen molar-refractivity contribution in [3.05, 3.63) is 70.9 Å². The molecule has 0 fully saturated rings. The van der Waals surface area contributed by atoms with E-state index in [-0.39, 0.29) is 23.9 Å². The van der Waals surface area contributed by atoms with Gasteiger partial charge in [0.25, 0.3) is 0 Å². The second kappa shape index (κ2) is 5.16. The van der Waals surface area contributed by atoms with Crippen molar-refractivity contribution in [1.82, 2.24) is 24.3 Å². The van der Waals surface area contributed by atoms with Crippen LogP contribution < -0.4 is 5.69 Å². The maximum atomic E-state index is 12.9. The van der Waals surface area contributed by atoms with Crippen molar-refractivity contribution in [2.24, 2.45) is 0 Å². The Balaban J connectivity index is 1.65. The molecular formula is C15H10FN5O2. The van der Waals surface area contributed by atoms with Gasteiger partial charge in [-0.15, -0.1) is 5.10 Å². The smallest absolute Gasteiger partial charge is 0.337 e. The minimum atomic E-state index is -0.339. The van der Waals surface area contributed by atoms with Crippen molar-refractivity contribution < 1.29 is 8.91 Å². The van der Waals surface area contributed by atoms with Crippen LogP contribution in [0, 0.1) is 5.82 Å². The summed E-state index contributed by atoms with van der Waals surface area (Å²) in [5, 5.41) is 8.03. The normalized spacial score (nSPS) is 11.2. The van der Waals surface area contributed by atoms with Gasteiger partial charge >= 0.3 is 5.69 Å². The third kappa shape index (κ3) is 2.39. The Bertz CT molecular complexity index is 1030. The van der Waals surface area contributed by atoms with Crippen LogP contribution in [0.25, 0.3) is 17.0 Å². The molecule has 0 saturated carbocycles. The zero-order chi connectivity index (χ0) is 15.8. The third-order valence-corrected chi connectivity index (χ3v) is 3.34. The lowest BCUT2D eigenvalue weighted by Gasteiger charge is -1.93. The highest BCUT2D eigenvalue weighted by molar-refractivity contribution is 5.53. The Morgan fingerprint density at radius 1 is 1.13 bits per heavy atom. The Morgan fingerprint density at radius 2 is 1.96 bits per heavy atom. The fourth-order valence-corrected chi connectivity index (χ4v) is 2.23. The predicted octanol–water partition coefficient (Wildman–Crippen LogP) is 1.73. The van der Waals surface area contributed by atoms with Crippen LogP contribution in [0.5, 0.6) is 0 Å². The molecule has 0 N–H and O–H groups in total. The molecule has 4 aromatic rings. The molecule has 3 aromatic heterocycles. The van der Waals surface area contributed by atoms with E-state index in [9.17, 15) is 9.18 Å². The van der Waals surface area contributed by atoms with E-state index in [2.05, 4.69) is 15.2 Å². The lowest BCUT2D eigenvalue weighted by Crippen LogP contribution is -2.21. The summed E-state index contributed by atoms with van der Waals surface area (Å²) in [6.45, 7) is 0.0642. The number of hydrogen-bond acceptors (Lipinski definition) is 5. The molecule has 114 valence electrons. The van der Waals surface area contributed by atoms with Gasteiger partial charge < -0.3 is 4.52 Å². The third-order valence-electron chi connectivity index (χ3n) is 3.34. The molecule has 8 heteroatoms. The van der Waals surface area contributed by atoms with Gasteiger partial charge in [0.1, 0.15) is 12.4 Å². The van der Waals surface area contributed by atoms with E-state index in [4.69, 9.17) is 4.52 Å². The first-order chi connectivity index (χ1) is 11.2. The summed E-state index contributed by atoms with van der Waals surface area (Å²) in [5.41, 5.74) is 0.877. The molecule has 23 heavy (non-hydrogen) atoms. The van der Waals surface area contributed by atoms with Gasteiger partial charge in [0.15, 0.2) is 5.65 Å². The zero-order valence-electron chi connectivity index (χ0n) is 11.8. The van der Waals surface area contributed by atoms with E-state index in [1.807, 2.05) is 0 Å². The van der Waals surface area contributed by atoms with Crippen LogP contribution in [0.3, 0.4) is 0 Å². The number of hydrogen-bond donors (Lipinski definition) is 0. The van der Waals surface area contributed by atoms with Gasteiger partial charge in [-0.3, -0.25) is 4.40 Å². The molecule has 0 amide bonds. The van der Waals surface area contributed by atoms with Gasteiger partial charge in [0.2, 0.25) is 11.7 Å². The molecule has 0 aliphatic rings. The second-order valence-corrected chi connectivity index (χ2v) is 4.89. The highest BCUT2D eigenvalue weighted by atomic mass is 19.1. The first-order valence-electron chi connectivity index (χ1n) is 6.83. The molecule has 7 nitrogen and oxygen atoms in total. The van der Waals surface area contributed by atoms with Gasteiger partial charge in [-0.05, 0) is 36.4 Å². The van der Waals surface area contributed by atoms with Crippen LogP contribution in [-0.4, -0.2) is 24.3 Å². The molecule has 4 rings (SSSR count). The van der Waals surface area contributed by atoms with Crippen LogP contribution in [0.1, 0.15) is 5.89 Å². The molecule has 3 heterocycles. The van der Waals surface area contributed by atoms with Crippen molar-refractivity contribution in [2.45, 2.75) is 6.54 Å². The summed E-state index contributed by atoms with van der Waals surface area (Å²) in [5.74, 6) is 0.236. The molecule has 0 spiro atoms. The number of halogens is 1. The summed E-state index contributed by atoms with van der Waals surface area (Å²) in [6.07, 6.45) is 1.64. The summed E-state index contributed by atoms with van der Waals surface area (Å²) in [4.78, 5) is 16.4. The maximum Gasteiger partial charge on any atom is 0.350 e. The Morgan fingerprint density at radius 3 is 2.74 bits per heavy atom. The molecule has 0 radical (unpaired) electrons. The fourth-order valence-electron chi connectivity index (χ4n) is 2.23. The molecule has 0 bridgehead atoms. The Kier molecular flexibility index (Phi) is 3.00. The van der Waals surface area contributed by atoms with Crippen molar-refractivity contribution in [2.75, 3.05) is 0 Å². The molecule has 0 saturated heterocycles. The number of pyridine rings is 1. The number of benzene rings is 1. The summed E-state index contributed by atoms with van der Waals surface area (Å²) < 4.78 is 20.7. The molecule has 1 aromatic carbocycles. The fraction of sp³-hybridized carbons (Fsp3) is 0.0667. The second-order valence-electron chi connectivity index (χ2n) is 4.89. The quantitative estimate of drug-likeness (QED) is 0.576. The lowest BCUT2D eigenvalue weighted by atomic mass is 10.2. The summed E-state index contributed by atoms with van der Waals surface area (Å²) >= 11 is 0. The van der Waals surface area contributed by atoms with Gasteiger partial charge in [-0.25, -0.2) is 13.9 Å². The molecule has 0 atom stereocenters. The summed E-state index contributed by atoms with van der Waals surface area (Å²) in [6, 6.07) is 11.0. The number of rotatable bonds is 3. The monoisotopic (exact) mass is 311 g/mol. The van der Waals surface area contributed by atoms with Gasteiger partial charge in [0, 0.05) is 11.8 Å². The maximum absolute atomic E-state index is 12.9. The van der Waals surface area contributed by atoms with Crippen LogP contribution in [-0.2, 0) is 6.54 Å². The van der Waals surface area contributed by atoms with Crippen LogP contribution in [0.2, 0.25) is 0 Å². The topological polar surface area (TPSA) is 78.2 Å². The SMILES string of the molecule is O=c1n(Cc2nc(-c3ccc(F)cc3)no2)nc2ccccn12. The number of nitrogens with zero attached hydrogens (tertiary/aromatic N) is 5. The van der Waals surface area contributed by atoms with E-state index < -0.39 is 0 Å². The minimum Gasteiger partial charge on any atom is -0.337 e. The van der Waals surface area contributed by atoms with Crippen molar-refractivity contribution in [3.8, 4) is 11.4 Å². The number of aromatic nitrogens is 5. The summed E-state index contributed by atoms with van der Waals surface area (Å²) in [7, 11) is 0. The van der Waals surface area contributed by atoms with Crippen LogP contribution in [0.4, 0.5) is 4.39 Å². The predicted molar refractivity (Wildman–Crippen MR) is 78.2 cm³/mol. The van der Waals surface area contributed by atoms with Crippen LogP contribution >= 0.6 is 0 Å². The van der Waals surface area contributed by atoms with E-state index in [1.165, 1.54) is 21.2 Å². The van der Waals surface area contributed by atoms with Crippen molar-refractivity contribution >= 4 is 5.65 Å². The molecule has 0 aliphatic heterocycles. The van der Waals surface area contributed by atoms with Crippen molar-refractivity contribution in [3.63, 3.8) is 0 Å². The van der Waals surface area contributed by atoms with E-state index in [0.717, 1.165) is 0 Å². The first-order valence-corrected chi connectivity index (χ1v) is 6.83. The average Bonchev–Trinajstić information content (AvgIpc) is 3.15. The van der Waals surface area contributed by atoms with Gasteiger partial charge in [-0.1, -0.05) is 11.2 Å². The highest BCUT2D eigenvalue weighted by Crippen LogP contribution is 2.16. The molecular weight excluding hydrogens is 301 g/mol. The lowest BCUT2D eigenvalue weighted by molar-refractivity contribution is 0.364. The number of fused-ring (bicyclic) bond motifs is 1. The Labute approximate surface area is 128 Å². The van der Waals surface area contributed by atoms with Crippen molar-refractivity contribution in [1.29, 1.82) is 0 Å². The first kappa shape index (κ1) is 13.4. The highest BCUT2D eigenvalue weighted by Gasteiger charge is 2.12. The van der Waals surface area contributed by atoms with E-state index >= 15 is 0 Å². The standard InChI is InChI=1S/C15H10FN5O2/c16-11-6-4-10(5-7-11)14-17-13(23-19-14)9-21-15(22)20-8-2-1-3-12(20)18-21/h1-8H,9H2. The Hall–Kier alpha value is -3.29.